The molecule has 1 aromatic rings. The Bertz CT molecular complexity index is 391. The third-order valence-corrected chi connectivity index (χ3v) is 2.21. The predicted octanol–water partition coefficient (Wildman–Crippen LogP) is 1.88. The predicted molar refractivity (Wildman–Crippen MR) is 58.5 cm³/mol. The van der Waals surface area contributed by atoms with E-state index in [9.17, 15) is 9.59 Å². The normalized spacial score (nSPS) is 10.4. The fourth-order valence-corrected chi connectivity index (χ4v) is 1.44. The van der Waals surface area contributed by atoms with Crippen molar-refractivity contribution in [2.45, 2.75) is 39.5 Å². The third-order valence-electron chi connectivity index (χ3n) is 2.21. The number of unbranched alkanes of at least 4 members (excludes halogenated alkanes) is 2. The summed E-state index contributed by atoms with van der Waals surface area (Å²) < 4.78 is 9.74. The van der Waals surface area contributed by atoms with Gasteiger partial charge in [-0.1, -0.05) is 19.8 Å². The smallest absolute Gasteiger partial charge is 0.417 e. The molecule has 0 unspecified atom stereocenters. The minimum absolute atomic E-state index is 0.156. The van der Waals surface area contributed by atoms with Crippen LogP contribution in [-0.2, 0) is 11.2 Å². The Balaban J connectivity index is 2.74. The average Bonchev–Trinajstić information content (AvgIpc) is 2.61. The molecule has 0 fully saturated rings. The summed E-state index contributed by atoms with van der Waals surface area (Å²) in [6, 6.07) is 0. The lowest BCUT2D eigenvalue weighted by Gasteiger charge is -2.00. The number of aryl methyl sites for hydroxylation is 1. The molecule has 90 valence electrons. The van der Waals surface area contributed by atoms with Gasteiger partial charge in [0, 0.05) is 6.42 Å². The van der Waals surface area contributed by atoms with E-state index in [-0.39, 0.29) is 12.3 Å². The standard InChI is InChI=1S/C11H17NO4/c1-3-5-6-7-8-9(10(13)15-4-2)12-11(14)16-8/h3-7H2,1-2H3,(H,12,14). The van der Waals surface area contributed by atoms with E-state index in [2.05, 4.69) is 11.9 Å². The van der Waals surface area contributed by atoms with Crippen LogP contribution in [0.5, 0.6) is 0 Å². The zero-order chi connectivity index (χ0) is 12.0. The van der Waals surface area contributed by atoms with E-state index in [1.54, 1.807) is 6.92 Å². The number of hydrogen-bond acceptors (Lipinski definition) is 4. The van der Waals surface area contributed by atoms with E-state index < -0.39 is 11.7 Å². The van der Waals surface area contributed by atoms with Gasteiger partial charge in [0.05, 0.1) is 6.61 Å². The van der Waals surface area contributed by atoms with Gasteiger partial charge in [-0.25, -0.2) is 9.59 Å². The first kappa shape index (κ1) is 12.5. The molecule has 0 spiro atoms. The molecule has 0 aromatic carbocycles. The Kier molecular flexibility index (Phi) is 4.82. The highest BCUT2D eigenvalue weighted by Gasteiger charge is 2.17. The Labute approximate surface area is 93.8 Å². The van der Waals surface area contributed by atoms with Gasteiger partial charge in [-0.15, -0.1) is 0 Å². The highest BCUT2D eigenvalue weighted by atomic mass is 16.5. The first-order valence-corrected chi connectivity index (χ1v) is 5.58. The van der Waals surface area contributed by atoms with Crippen LogP contribution in [0.1, 0.15) is 49.4 Å². The van der Waals surface area contributed by atoms with Gasteiger partial charge in [0.1, 0.15) is 5.76 Å². The molecule has 0 saturated heterocycles. The number of carbonyl (C=O) groups is 1. The minimum Gasteiger partial charge on any atom is -0.461 e. The maximum atomic E-state index is 11.5. The number of aromatic nitrogens is 1. The number of carbonyl (C=O) groups excluding carboxylic acids is 1. The Morgan fingerprint density at radius 1 is 1.38 bits per heavy atom. The summed E-state index contributed by atoms with van der Waals surface area (Å²) in [5, 5.41) is 0. The highest BCUT2D eigenvalue weighted by molar-refractivity contribution is 5.88. The largest absolute Gasteiger partial charge is 0.461 e. The van der Waals surface area contributed by atoms with Crippen LogP contribution in [0.25, 0.3) is 0 Å². The molecule has 0 amide bonds. The van der Waals surface area contributed by atoms with Crippen LogP contribution >= 0.6 is 0 Å². The molecule has 0 aliphatic rings. The summed E-state index contributed by atoms with van der Waals surface area (Å²) in [5.41, 5.74) is 0.156. The van der Waals surface area contributed by atoms with Crippen molar-refractivity contribution >= 4 is 5.97 Å². The fourth-order valence-electron chi connectivity index (χ4n) is 1.44. The first-order chi connectivity index (χ1) is 7.69. The third kappa shape index (κ3) is 3.25. The van der Waals surface area contributed by atoms with Crippen LogP contribution in [-0.4, -0.2) is 17.6 Å². The van der Waals surface area contributed by atoms with Gasteiger partial charge in [-0.05, 0) is 13.3 Å². The zero-order valence-corrected chi connectivity index (χ0v) is 9.67. The molecule has 5 heteroatoms. The van der Waals surface area contributed by atoms with E-state index >= 15 is 0 Å². The molecule has 1 heterocycles. The lowest BCUT2D eigenvalue weighted by atomic mass is 10.1. The van der Waals surface area contributed by atoms with Crippen LogP contribution in [0.4, 0.5) is 0 Å². The van der Waals surface area contributed by atoms with Crippen molar-refractivity contribution in [3.05, 3.63) is 22.0 Å². The highest BCUT2D eigenvalue weighted by Crippen LogP contribution is 2.10. The summed E-state index contributed by atoms with van der Waals surface area (Å²) in [7, 11) is 0. The van der Waals surface area contributed by atoms with E-state index in [0.717, 1.165) is 19.3 Å². The monoisotopic (exact) mass is 227 g/mol. The average molecular weight is 227 g/mol. The molecular weight excluding hydrogens is 210 g/mol. The topological polar surface area (TPSA) is 72.3 Å². The van der Waals surface area contributed by atoms with Gasteiger partial charge in [-0.3, -0.25) is 4.98 Å². The van der Waals surface area contributed by atoms with Crippen LogP contribution < -0.4 is 5.76 Å². The summed E-state index contributed by atoms with van der Waals surface area (Å²) >= 11 is 0. The van der Waals surface area contributed by atoms with Crippen molar-refractivity contribution in [3.63, 3.8) is 0 Å². The second-order valence-corrected chi connectivity index (χ2v) is 3.49. The Morgan fingerprint density at radius 2 is 2.12 bits per heavy atom. The van der Waals surface area contributed by atoms with Gasteiger partial charge in [-0.2, -0.15) is 0 Å². The van der Waals surface area contributed by atoms with Gasteiger partial charge in [0.25, 0.3) is 0 Å². The zero-order valence-electron chi connectivity index (χ0n) is 9.67. The fraction of sp³-hybridized carbons (Fsp3) is 0.636. The second kappa shape index (κ2) is 6.15. The van der Waals surface area contributed by atoms with Crippen LogP contribution in [0, 0.1) is 0 Å². The number of aromatic amines is 1. The van der Waals surface area contributed by atoms with E-state index in [1.165, 1.54) is 0 Å². The molecule has 1 aromatic heterocycles. The number of nitrogens with one attached hydrogen (secondary N) is 1. The minimum atomic E-state index is -0.602. The SMILES string of the molecule is CCCCCc1oc(=O)[nH]c1C(=O)OCC. The van der Waals surface area contributed by atoms with Crippen LogP contribution in [0.3, 0.4) is 0 Å². The number of ether oxygens (including phenoxy) is 1. The molecule has 0 saturated carbocycles. The molecule has 0 aliphatic carbocycles. The van der Waals surface area contributed by atoms with Crippen molar-refractivity contribution in [2.24, 2.45) is 0 Å². The lowest BCUT2D eigenvalue weighted by molar-refractivity contribution is 0.0517. The summed E-state index contributed by atoms with van der Waals surface area (Å²) in [6.45, 7) is 4.08. The number of esters is 1. The van der Waals surface area contributed by atoms with Gasteiger partial charge < -0.3 is 9.15 Å². The molecule has 1 N–H and O–H groups in total. The molecule has 0 atom stereocenters. The van der Waals surface area contributed by atoms with E-state index in [1.807, 2.05) is 0 Å². The summed E-state index contributed by atoms with van der Waals surface area (Å²) in [5.74, 6) is -0.730. The molecule has 5 nitrogen and oxygen atoms in total. The maximum Gasteiger partial charge on any atom is 0.417 e. The molecule has 0 aliphatic heterocycles. The number of rotatable bonds is 6. The molecule has 16 heavy (non-hydrogen) atoms. The van der Waals surface area contributed by atoms with Crippen molar-refractivity contribution in [1.82, 2.24) is 4.98 Å². The van der Waals surface area contributed by atoms with Crippen molar-refractivity contribution in [2.75, 3.05) is 6.61 Å². The van der Waals surface area contributed by atoms with Crippen LogP contribution in [0.15, 0.2) is 9.21 Å². The first-order valence-electron chi connectivity index (χ1n) is 5.58. The van der Waals surface area contributed by atoms with E-state index in [0.29, 0.717) is 12.2 Å². The number of hydrogen-bond donors (Lipinski definition) is 1. The quantitative estimate of drug-likeness (QED) is 0.595. The van der Waals surface area contributed by atoms with Crippen molar-refractivity contribution in [3.8, 4) is 0 Å². The van der Waals surface area contributed by atoms with Crippen molar-refractivity contribution < 1.29 is 13.9 Å². The summed E-state index contributed by atoms with van der Waals surface area (Å²) in [4.78, 5) is 24.8. The molecular formula is C11H17NO4. The van der Waals surface area contributed by atoms with Gasteiger partial charge >= 0.3 is 11.7 Å². The van der Waals surface area contributed by atoms with Gasteiger partial charge in [0.2, 0.25) is 0 Å². The lowest BCUT2D eigenvalue weighted by Crippen LogP contribution is -2.09. The summed E-state index contributed by atoms with van der Waals surface area (Å²) in [6.07, 6.45) is 3.59. The Morgan fingerprint density at radius 3 is 2.75 bits per heavy atom. The Hall–Kier alpha value is -1.52. The number of H-pyrrole nitrogens is 1. The second-order valence-electron chi connectivity index (χ2n) is 3.49. The molecule has 0 radical (unpaired) electrons. The molecule has 1 rings (SSSR count). The van der Waals surface area contributed by atoms with Crippen LogP contribution in [0.2, 0.25) is 0 Å². The molecule has 0 bridgehead atoms. The van der Waals surface area contributed by atoms with Gasteiger partial charge in [0.15, 0.2) is 5.69 Å². The maximum absolute atomic E-state index is 11.5. The van der Waals surface area contributed by atoms with E-state index in [4.69, 9.17) is 9.15 Å². The van der Waals surface area contributed by atoms with Crippen molar-refractivity contribution in [1.29, 1.82) is 0 Å². The number of oxazole rings is 1.